The van der Waals surface area contributed by atoms with Crippen LogP contribution in [0.5, 0.6) is 0 Å². The van der Waals surface area contributed by atoms with Crippen LogP contribution in [0, 0.1) is 0 Å². The molecule has 0 fully saturated rings. The van der Waals surface area contributed by atoms with E-state index >= 15 is 0 Å². The second-order valence-electron chi connectivity index (χ2n) is 10.1. The number of hydrogen-bond donors (Lipinski definition) is 0. The maximum atomic E-state index is 12.7. The summed E-state index contributed by atoms with van der Waals surface area (Å²) in [7, 11) is -2.81. The molecule has 2 amide bonds. The number of rotatable bonds is 4. The number of imide groups is 1. The molecular formula is C26H33NO4Si. The molecule has 2 aromatic rings. The number of nitrogens with zero attached hydrogens (tertiary/aromatic N) is 1. The lowest BCUT2D eigenvalue weighted by Crippen LogP contribution is -2.68. The van der Waals surface area contributed by atoms with Gasteiger partial charge in [0.25, 0.3) is 14.2 Å². The van der Waals surface area contributed by atoms with Crippen molar-refractivity contribution in [2.45, 2.75) is 58.3 Å². The third-order valence-electron chi connectivity index (χ3n) is 5.44. The van der Waals surface area contributed by atoms with Gasteiger partial charge in [0.2, 0.25) is 0 Å². The summed E-state index contributed by atoms with van der Waals surface area (Å²) >= 11 is 0. The van der Waals surface area contributed by atoms with Gasteiger partial charge in [0.05, 0.1) is 12.6 Å². The summed E-state index contributed by atoms with van der Waals surface area (Å²) in [6.07, 6.45) is 2.09. The van der Waals surface area contributed by atoms with Gasteiger partial charge in [-0.25, -0.2) is 9.69 Å². The minimum atomic E-state index is -2.81. The highest BCUT2D eigenvalue weighted by atomic mass is 28.4. The fourth-order valence-corrected chi connectivity index (χ4v) is 8.71. The fraction of sp³-hybridized carbons (Fsp3) is 0.385. The highest BCUT2D eigenvalue weighted by molar-refractivity contribution is 6.99. The lowest BCUT2D eigenvalue weighted by molar-refractivity contribution is -0.127. The quantitative estimate of drug-likeness (QED) is 0.652. The molecule has 0 N–H and O–H groups in total. The largest absolute Gasteiger partial charge is 0.443 e. The zero-order chi connectivity index (χ0) is 23.6. The molecule has 0 unspecified atom stereocenters. The molecule has 0 saturated heterocycles. The van der Waals surface area contributed by atoms with Crippen LogP contribution in [-0.2, 0) is 14.0 Å². The van der Waals surface area contributed by atoms with Crippen LogP contribution >= 0.6 is 0 Å². The standard InChI is InChI=1S/C26H33NO4Si/c1-25(2,3)30-24(29)27-19-20(17-18-23(27)28)31-32(26(4,5)6,21-13-9-7-10-14-21)22-15-11-8-12-16-22/h7-18,20H,19H2,1-6H3/t20-/m0/s1. The van der Waals surface area contributed by atoms with E-state index in [1.54, 1.807) is 26.8 Å². The normalized spacial score (nSPS) is 17.4. The molecule has 0 aliphatic carbocycles. The van der Waals surface area contributed by atoms with Crippen LogP contribution in [0.1, 0.15) is 41.5 Å². The van der Waals surface area contributed by atoms with Crippen molar-refractivity contribution in [1.82, 2.24) is 4.90 Å². The van der Waals surface area contributed by atoms with Gasteiger partial charge in [0.1, 0.15) is 5.60 Å². The Morgan fingerprint density at radius 3 is 1.84 bits per heavy atom. The molecule has 0 bridgehead atoms. The molecule has 5 nitrogen and oxygen atoms in total. The number of hydrogen-bond acceptors (Lipinski definition) is 4. The smallest absolute Gasteiger partial charge is 0.417 e. The number of benzene rings is 2. The average molecular weight is 452 g/mol. The van der Waals surface area contributed by atoms with Crippen molar-refractivity contribution < 1.29 is 18.8 Å². The molecule has 2 aromatic carbocycles. The van der Waals surface area contributed by atoms with Crippen LogP contribution in [0.4, 0.5) is 4.79 Å². The van der Waals surface area contributed by atoms with E-state index in [2.05, 4.69) is 45.0 Å². The molecule has 0 saturated carbocycles. The first kappa shape index (κ1) is 23.9. The fourth-order valence-electron chi connectivity index (χ4n) is 4.09. The molecule has 0 radical (unpaired) electrons. The Balaban J connectivity index is 2.03. The monoisotopic (exact) mass is 451 g/mol. The maximum Gasteiger partial charge on any atom is 0.417 e. The van der Waals surface area contributed by atoms with Gasteiger partial charge < -0.3 is 9.16 Å². The molecule has 170 valence electrons. The van der Waals surface area contributed by atoms with E-state index in [4.69, 9.17) is 9.16 Å². The van der Waals surface area contributed by atoms with Crippen molar-refractivity contribution in [3.63, 3.8) is 0 Å². The minimum Gasteiger partial charge on any atom is -0.443 e. The van der Waals surface area contributed by atoms with Gasteiger partial charge in [-0.1, -0.05) is 81.4 Å². The number of carbonyl (C=O) groups excluding carboxylic acids is 2. The van der Waals surface area contributed by atoms with E-state index in [-0.39, 0.29) is 17.5 Å². The van der Waals surface area contributed by atoms with Crippen molar-refractivity contribution in [3.8, 4) is 0 Å². The van der Waals surface area contributed by atoms with E-state index < -0.39 is 26.1 Å². The van der Waals surface area contributed by atoms with Crippen molar-refractivity contribution in [1.29, 1.82) is 0 Å². The van der Waals surface area contributed by atoms with Crippen LogP contribution in [0.2, 0.25) is 5.04 Å². The number of amides is 2. The van der Waals surface area contributed by atoms with Crippen molar-refractivity contribution >= 4 is 30.7 Å². The third kappa shape index (κ3) is 5.02. The van der Waals surface area contributed by atoms with Crippen molar-refractivity contribution in [2.24, 2.45) is 0 Å². The average Bonchev–Trinajstić information content (AvgIpc) is 2.72. The van der Waals surface area contributed by atoms with E-state index in [1.807, 2.05) is 36.4 Å². The van der Waals surface area contributed by atoms with Gasteiger partial charge in [0.15, 0.2) is 0 Å². The Bertz CT molecular complexity index is 935. The lowest BCUT2D eigenvalue weighted by Gasteiger charge is -2.45. The van der Waals surface area contributed by atoms with E-state index in [9.17, 15) is 9.59 Å². The van der Waals surface area contributed by atoms with Crippen molar-refractivity contribution in [2.75, 3.05) is 6.54 Å². The van der Waals surface area contributed by atoms with Gasteiger partial charge in [-0.05, 0) is 42.3 Å². The molecule has 1 aliphatic heterocycles. The maximum absolute atomic E-state index is 12.7. The summed E-state index contributed by atoms with van der Waals surface area (Å²) in [6.45, 7) is 12.1. The third-order valence-corrected chi connectivity index (χ3v) is 10.5. The Morgan fingerprint density at radius 2 is 1.41 bits per heavy atom. The molecule has 1 atom stereocenters. The summed E-state index contributed by atoms with van der Waals surface area (Å²) < 4.78 is 12.5. The molecule has 3 rings (SSSR count). The van der Waals surface area contributed by atoms with Crippen LogP contribution < -0.4 is 10.4 Å². The topological polar surface area (TPSA) is 55.8 Å². The number of carbonyl (C=O) groups is 2. The zero-order valence-electron chi connectivity index (χ0n) is 19.8. The molecule has 1 heterocycles. The lowest BCUT2D eigenvalue weighted by atomic mass is 10.2. The summed E-state index contributed by atoms with van der Waals surface area (Å²) in [5.74, 6) is -0.387. The molecule has 1 aliphatic rings. The number of ether oxygens (including phenoxy) is 1. The predicted molar refractivity (Wildman–Crippen MR) is 130 cm³/mol. The second kappa shape index (κ2) is 9.04. The molecule has 0 aromatic heterocycles. The molecule has 32 heavy (non-hydrogen) atoms. The summed E-state index contributed by atoms with van der Waals surface area (Å²) in [5, 5.41) is 2.09. The van der Waals surface area contributed by atoms with Crippen LogP contribution in [-0.4, -0.2) is 43.5 Å². The first-order valence-corrected chi connectivity index (χ1v) is 12.9. The highest BCUT2D eigenvalue weighted by Gasteiger charge is 2.51. The van der Waals surface area contributed by atoms with Gasteiger partial charge in [-0.2, -0.15) is 0 Å². The first-order chi connectivity index (χ1) is 14.9. The summed E-state index contributed by atoms with van der Waals surface area (Å²) in [6, 6.07) is 20.6. The molecule has 6 heteroatoms. The van der Waals surface area contributed by atoms with Crippen molar-refractivity contribution in [3.05, 3.63) is 72.8 Å². The Kier molecular flexibility index (Phi) is 6.77. The Labute approximate surface area is 192 Å². The molecule has 0 spiro atoms. The van der Waals surface area contributed by atoms with Crippen LogP contribution in [0.15, 0.2) is 72.8 Å². The summed E-state index contributed by atoms with van der Waals surface area (Å²) in [4.78, 5) is 26.3. The minimum absolute atomic E-state index is 0.120. The van der Waals surface area contributed by atoms with Gasteiger partial charge in [-0.15, -0.1) is 0 Å². The zero-order valence-corrected chi connectivity index (χ0v) is 20.8. The van der Waals surface area contributed by atoms with Crippen LogP contribution in [0.25, 0.3) is 0 Å². The predicted octanol–water partition coefficient (Wildman–Crippen LogP) is 4.27. The SMILES string of the molecule is CC(C)(C)OC(=O)N1C[C@@H](O[Si](c2ccccc2)(c2ccccc2)C(C)(C)C)C=CC1=O. The van der Waals surface area contributed by atoms with Gasteiger partial charge in [-0.3, -0.25) is 4.79 Å². The Hall–Kier alpha value is -2.70. The van der Waals surface area contributed by atoms with Gasteiger partial charge in [0, 0.05) is 6.08 Å². The van der Waals surface area contributed by atoms with E-state index in [1.165, 1.54) is 6.08 Å². The van der Waals surface area contributed by atoms with Crippen LogP contribution in [0.3, 0.4) is 0 Å². The molecular weight excluding hydrogens is 418 g/mol. The van der Waals surface area contributed by atoms with Gasteiger partial charge >= 0.3 is 6.09 Å². The highest BCUT2D eigenvalue weighted by Crippen LogP contribution is 2.38. The first-order valence-electron chi connectivity index (χ1n) is 11.0. The van der Waals surface area contributed by atoms with E-state index in [0.717, 1.165) is 15.3 Å². The summed E-state index contributed by atoms with van der Waals surface area (Å²) in [5.41, 5.74) is -0.688. The Morgan fingerprint density at radius 1 is 0.906 bits per heavy atom. The second-order valence-corrected chi connectivity index (χ2v) is 14.4. The van der Waals surface area contributed by atoms with E-state index in [0.29, 0.717) is 0 Å².